The highest BCUT2D eigenvalue weighted by Gasteiger charge is 2.21. The van der Waals surface area contributed by atoms with Crippen LogP contribution in [0.5, 0.6) is 0 Å². The zero-order chi connectivity index (χ0) is 27.9. The SMILES string of the molecule is CCOC(=O)c1oc2ccc(SN(CCc3ccccc3)Cc3ccccc3N3CCN(C=O)CC3)cc2c1C. The summed E-state index contributed by atoms with van der Waals surface area (Å²) in [5, 5.41) is 0.921. The first-order valence-corrected chi connectivity index (χ1v) is 14.5. The minimum atomic E-state index is -0.430. The Labute approximate surface area is 239 Å². The Hall–Kier alpha value is -3.75. The fourth-order valence-electron chi connectivity index (χ4n) is 5.06. The molecule has 1 aliphatic heterocycles. The quantitative estimate of drug-likeness (QED) is 0.128. The third-order valence-electron chi connectivity index (χ3n) is 7.24. The number of carbonyl (C=O) groups is 2. The van der Waals surface area contributed by atoms with Gasteiger partial charge in [0.1, 0.15) is 5.58 Å². The lowest BCUT2D eigenvalue weighted by Gasteiger charge is -2.35. The average Bonchev–Trinajstić information content (AvgIpc) is 3.32. The Morgan fingerprint density at radius 2 is 1.77 bits per heavy atom. The molecule has 0 N–H and O–H groups in total. The topological polar surface area (TPSA) is 66.2 Å². The first kappa shape index (κ1) is 27.8. The smallest absolute Gasteiger partial charge is 0.374 e. The van der Waals surface area contributed by atoms with E-state index in [1.807, 2.05) is 30.0 Å². The Balaban J connectivity index is 1.39. The van der Waals surface area contributed by atoms with Gasteiger partial charge in [-0.1, -0.05) is 48.5 Å². The van der Waals surface area contributed by atoms with Crippen LogP contribution in [0.2, 0.25) is 0 Å². The lowest BCUT2D eigenvalue weighted by Crippen LogP contribution is -2.46. The molecule has 4 aromatic rings. The second-order valence-electron chi connectivity index (χ2n) is 9.88. The number of amides is 1. The van der Waals surface area contributed by atoms with E-state index >= 15 is 0 Å². The molecule has 5 rings (SSSR count). The summed E-state index contributed by atoms with van der Waals surface area (Å²) in [5.74, 6) is -0.163. The molecule has 1 amide bonds. The number of fused-ring (bicyclic) bond motifs is 1. The van der Waals surface area contributed by atoms with E-state index in [1.165, 1.54) is 16.8 Å². The van der Waals surface area contributed by atoms with Crippen LogP contribution in [0.25, 0.3) is 11.0 Å². The van der Waals surface area contributed by atoms with Crippen LogP contribution >= 0.6 is 11.9 Å². The highest BCUT2D eigenvalue weighted by Crippen LogP contribution is 2.33. The van der Waals surface area contributed by atoms with E-state index in [-0.39, 0.29) is 5.76 Å². The van der Waals surface area contributed by atoms with Gasteiger partial charge in [0.2, 0.25) is 12.2 Å². The summed E-state index contributed by atoms with van der Waals surface area (Å²) in [7, 11) is 0. The van der Waals surface area contributed by atoms with Crippen molar-refractivity contribution in [3.63, 3.8) is 0 Å². The molecule has 2 heterocycles. The number of nitrogens with zero attached hydrogens (tertiary/aromatic N) is 3. The lowest BCUT2D eigenvalue weighted by atomic mass is 10.1. The van der Waals surface area contributed by atoms with Crippen molar-refractivity contribution >= 4 is 41.0 Å². The number of carbonyl (C=O) groups excluding carboxylic acids is 2. The largest absolute Gasteiger partial charge is 0.460 e. The predicted molar refractivity (Wildman–Crippen MR) is 160 cm³/mol. The monoisotopic (exact) mass is 557 g/mol. The summed E-state index contributed by atoms with van der Waals surface area (Å²) < 4.78 is 13.4. The van der Waals surface area contributed by atoms with Crippen LogP contribution in [-0.4, -0.2) is 60.9 Å². The number of hydrogen-bond acceptors (Lipinski definition) is 7. The van der Waals surface area contributed by atoms with Crippen molar-refractivity contribution in [2.75, 3.05) is 44.2 Å². The van der Waals surface area contributed by atoms with E-state index in [9.17, 15) is 9.59 Å². The standard InChI is InChI=1S/C32H35N3O4S/c1-3-38-32(37)31-24(2)28-21-27(13-14-30(28)39-31)40-35(16-15-25-9-5-4-6-10-25)22-26-11-7-8-12-29(26)34-19-17-33(23-36)18-20-34/h4-14,21,23H,3,15-20,22H2,1-2H3. The molecule has 8 heteroatoms. The number of furan rings is 1. The number of para-hydroxylation sites is 1. The van der Waals surface area contributed by atoms with Gasteiger partial charge >= 0.3 is 5.97 Å². The molecule has 1 aromatic heterocycles. The van der Waals surface area contributed by atoms with Gasteiger partial charge in [-0.2, -0.15) is 0 Å². The zero-order valence-corrected chi connectivity index (χ0v) is 23.9. The minimum Gasteiger partial charge on any atom is -0.460 e. The Morgan fingerprint density at radius 1 is 1.02 bits per heavy atom. The summed E-state index contributed by atoms with van der Waals surface area (Å²) in [6, 6.07) is 25.2. The molecule has 7 nitrogen and oxygen atoms in total. The highest BCUT2D eigenvalue weighted by atomic mass is 32.2. The highest BCUT2D eigenvalue weighted by molar-refractivity contribution is 7.97. The predicted octanol–water partition coefficient (Wildman–Crippen LogP) is 5.95. The molecule has 208 valence electrons. The summed E-state index contributed by atoms with van der Waals surface area (Å²) in [5.41, 5.74) is 5.25. The Bertz CT molecular complexity index is 1450. The maximum atomic E-state index is 12.4. The summed E-state index contributed by atoms with van der Waals surface area (Å²) in [4.78, 5) is 28.9. The number of hydrogen-bond donors (Lipinski definition) is 0. The third-order valence-corrected chi connectivity index (χ3v) is 8.27. The molecule has 0 bridgehead atoms. The maximum Gasteiger partial charge on any atom is 0.374 e. The van der Waals surface area contributed by atoms with Crippen molar-refractivity contribution in [3.8, 4) is 0 Å². The molecule has 1 saturated heterocycles. The molecule has 0 saturated carbocycles. The Kier molecular flexibility index (Phi) is 9.08. The molecule has 1 aliphatic rings. The number of benzene rings is 3. The first-order chi connectivity index (χ1) is 19.6. The van der Waals surface area contributed by atoms with Crippen LogP contribution in [0.4, 0.5) is 5.69 Å². The van der Waals surface area contributed by atoms with E-state index in [4.69, 9.17) is 9.15 Å². The van der Waals surface area contributed by atoms with E-state index in [1.54, 1.807) is 18.9 Å². The average molecular weight is 558 g/mol. The number of ether oxygens (including phenoxy) is 1. The van der Waals surface area contributed by atoms with Crippen molar-refractivity contribution < 1.29 is 18.7 Å². The number of rotatable bonds is 11. The van der Waals surface area contributed by atoms with Gasteiger partial charge in [0, 0.05) is 60.8 Å². The molecular weight excluding hydrogens is 522 g/mol. The van der Waals surface area contributed by atoms with Gasteiger partial charge in [0.15, 0.2) is 0 Å². The van der Waals surface area contributed by atoms with Crippen LogP contribution in [0.1, 0.15) is 34.2 Å². The minimum absolute atomic E-state index is 0.267. The Morgan fingerprint density at radius 3 is 2.52 bits per heavy atom. The lowest BCUT2D eigenvalue weighted by molar-refractivity contribution is -0.118. The van der Waals surface area contributed by atoms with Crippen LogP contribution in [0.15, 0.2) is 82.1 Å². The van der Waals surface area contributed by atoms with Gasteiger partial charge in [-0.25, -0.2) is 9.10 Å². The van der Waals surface area contributed by atoms with Crippen LogP contribution in [0.3, 0.4) is 0 Å². The molecular formula is C32H35N3O4S. The second kappa shape index (κ2) is 13.1. The normalized spacial score (nSPS) is 13.7. The zero-order valence-electron chi connectivity index (χ0n) is 23.0. The van der Waals surface area contributed by atoms with Gasteiger partial charge < -0.3 is 19.0 Å². The van der Waals surface area contributed by atoms with Crippen LogP contribution in [-0.2, 0) is 22.5 Å². The molecule has 1 fully saturated rings. The number of piperazine rings is 1. The molecule has 0 spiro atoms. The van der Waals surface area contributed by atoms with Crippen molar-refractivity contribution in [3.05, 3.63) is 95.2 Å². The number of anilines is 1. The molecule has 3 aromatic carbocycles. The van der Waals surface area contributed by atoms with Crippen molar-refractivity contribution in [2.24, 2.45) is 0 Å². The maximum absolute atomic E-state index is 12.4. The van der Waals surface area contributed by atoms with Crippen molar-refractivity contribution in [2.45, 2.75) is 31.7 Å². The van der Waals surface area contributed by atoms with E-state index < -0.39 is 5.97 Å². The van der Waals surface area contributed by atoms with Gasteiger partial charge in [-0.15, -0.1) is 0 Å². The summed E-state index contributed by atoms with van der Waals surface area (Å²) in [6.45, 7) is 8.75. The summed E-state index contributed by atoms with van der Waals surface area (Å²) in [6.07, 6.45) is 1.87. The van der Waals surface area contributed by atoms with Crippen LogP contribution in [0, 0.1) is 6.92 Å². The van der Waals surface area contributed by atoms with Gasteiger partial charge in [0.05, 0.1) is 6.61 Å². The first-order valence-electron chi connectivity index (χ1n) is 13.7. The van der Waals surface area contributed by atoms with Crippen LogP contribution < -0.4 is 4.90 Å². The second-order valence-corrected chi connectivity index (χ2v) is 11.1. The van der Waals surface area contributed by atoms with Gasteiger partial charge in [0.25, 0.3) is 0 Å². The molecule has 40 heavy (non-hydrogen) atoms. The summed E-state index contributed by atoms with van der Waals surface area (Å²) >= 11 is 1.72. The molecule has 0 atom stereocenters. The molecule has 0 unspecified atom stereocenters. The molecule has 0 radical (unpaired) electrons. The van der Waals surface area contributed by atoms with Crippen molar-refractivity contribution in [1.82, 2.24) is 9.21 Å². The number of aryl methyl sites for hydroxylation is 1. The van der Waals surface area contributed by atoms with Gasteiger partial charge in [-0.05, 0) is 67.6 Å². The third kappa shape index (κ3) is 6.51. The van der Waals surface area contributed by atoms with E-state index in [2.05, 4.69) is 63.8 Å². The van der Waals surface area contributed by atoms with Crippen molar-refractivity contribution in [1.29, 1.82) is 0 Å². The molecule has 0 aliphatic carbocycles. The van der Waals surface area contributed by atoms with E-state index in [0.717, 1.165) is 67.9 Å². The fraction of sp³-hybridized carbons (Fsp3) is 0.312. The van der Waals surface area contributed by atoms with Gasteiger partial charge in [-0.3, -0.25) is 4.79 Å². The van der Waals surface area contributed by atoms with E-state index in [0.29, 0.717) is 12.2 Å². The number of esters is 1. The fourth-order valence-corrected chi connectivity index (χ4v) is 6.05.